The molecule has 1 aliphatic heterocycles. The zero-order chi connectivity index (χ0) is 18.0. The van der Waals surface area contributed by atoms with E-state index in [9.17, 15) is 0 Å². The summed E-state index contributed by atoms with van der Waals surface area (Å²) in [6, 6.07) is 24.4. The third-order valence-corrected chi connectivity index (χ3v) is 7.56. The van der Waals surface area contributed by atoms with E-state index in [-0.39, 0.29) is 0 Å². The van der Waals surface area contributed by atoms with Crippen LogP contribution in [0.1, 0.15) is 12.0 Å². The van der Waals surface area contributed by atoms with Gasteiger partial charge in [0.2, 0.25) is 0 Å². The summed E-state index contributed by atoms with van der Waals surface area (Å²) in [6.07, 6.45) is 5.91. The number of hydrogen-bond donors (Lipinski definition) is 0. The third-order valence-electron chi connectivity index (χ3n) is 5.55. The Balaban J connectivity index is 1.62. The number of para-hydroxylation sites is 1. The molecule has 0 N–H and O–H groups in total. The average Bonchev–Trinajstić information content (AvgIpc) is 3.23. The molecular formula is C24H16INS. The third kappa shape index (κ3) is 2.38. The monoisotopic (exact) mass is 477 g/mol. The van der Waals surface area contributed by atoms with E-state index in [1.54, 1.807) is 0 Å². The molecule has 3 heteroatoms. The number of fused-ring (bicyclic) bond motifs is 6. The van der Waals surface area contributed by atoms with Crippen molar-refractivity contribution >= 4 is 67.4 Å². The van der Waals surface area contributed by atoms with E-state index in [1.807, 2.05) is 11.8 Å². The second-order valence-electron chi connectivity index (χ2n) is 7.08. The van der Waals surface area contributed by atoms with Crippen molar-refractivity contribution in [2.45, 2.75) is 16.6 Å². The molecule has 27 heavy (non-hydrogen) atoms. The van der Waals surface area contributed by atoms with Crippen LogP contribution in [-0.2, 0) is 0 Å². The molecule has 130 valence electrons. The highest BCUT2D eigenvalue weighted by Crippen LogP contribution is 2.49. The molecule has 0 saturated carbocycles. The smallest absolute Gasteiger partial charge is 0.0541 e. The predicted octanol–water partition coefficient (Wildman–Crippen LogP) is 7.20. The van der Waals surface area contributed by atoms with Gasteiger partial charge in [-0.2, -0.15) is 0 Å². The largest absolute Gasteiger partial charge is 0.310 e. The van der Waals surface area contributed by atoms with Crippen LogP contribution in [0.2, 0.25) is 0 Å². The Morgan fingerprint density at radius 1 is 0.889 bits per heavy atom. The number of thioether (sulfide) groups is 1. The van der Waals surface area contributed by atoms with Gasteiger partial charge in [0.15, 0.2) is 0 Å². The van der Waals surface area contributed by atoms with Crippen molar-refractivity contribution < 1.29 is 0 Å². The maximum atomic E-state index is 2.44. The Hall–Kier alpha value is -1.98. The molecule has 0 fully saturated rings. The lowest BCUT2D eigenvalue weighted by molar-refractivity contribution is 1.06. The van der Waals surface area contributed by atoms with Crippen LogP contribution in [0, 0.1) is 3.57 Å². The van der Waals surface area contributed by atoms with Crippen LogP contribution >= 0.6 is 34.4 Å². The van der Waals surface area contributed by atoms with Crippen LogP contribution in [0.4, 0.5) is 0 Å². The van der Waals surface area contributed by atoms with Crippen molar-refractivity contribution in [1.82, 2.24) is 4.57 Å². The van der Waals surface area contributed by atoms with Crippen LogP contribution in [0.25, 0.3) is 33.1 Å². The van der Waals surface area contributed by atoms with Crippen molar-refractivity contribution in [2.75, 3.05) is 0 Å². The maximum Gasteiger partial charge on any atom is 0.0541 e. The van der Waals surface area contributed by atoms with Gasteiger partial charge in [-0.05, 0) is 76.6 Å². The number of benzene rings is 3. The fourth-order valence-corrected chi connectivity index (χ4v) is 6.15. The molecule has 1 aromatic heterocycles. The first-order valence-electron chi connectivity index (χ1n) is 9.16. The molecule has 2 heterocycles. The number of allylic oxidation sites excluding steroid dienone is 3. The molecule has 1 aliphatic carbocycles. The Labute approximate surface area is 175 Å². The van der Waals surface area contributed by atoms with Gasteiger partial charge in [-0.25, -0.2) is 0 Å². The molecule has 0 bridgehead atoms. The van der Waals surface area contributed by atoms with Gasteiger partial charge in [-0.3, -0.25) is 0 Å². The highest BCUT2D eigenvalue weighted by molar-refractivity contribution is 14.1. The second kappa shape index (κ2) is 6.01. The Bertz CT molecular complexity index is 1290. The first-order valence-corrected chi connectivity index (χ1v) is 11.1. The first-order chi connectivity index (χ1) is 13.3. The van der Waals surface area contributed by atoms with E-state index in [1.165, 1.54) is 47.1 Å². The van der Waals surface area contributed by atoms with E-state index >= 15 is 0 Å². The summed E-state index contributed by atoms with van der Waals surface area (Å²) in [7, 11) is 0. The standard InChI is InChI=1S/C24H16INS/c25-15-9-11-22-19(13-15)17-5-1-3-7-21(17)26(22)16-10-12-24-20(14-16)18-6-2-4-8-23(18)27-24/h1-11,13-14,24H,12H2. The van der Waals surface area contributed by atoms with Crippen LogP contribution in [0.15, 0.2) is 83.8 Å². The van der Waals surface area contributed by atoms with Crippen molar-refractivity contribution in [2.24, 2.45) is 0 Å². The molecule has 0 spiro atoms. The minimum atomic E-state index is 0.556. The Kier molecular flexibility index (Phi) is 3.57. The number of nitrogens with zero attached hydrogens (tertiary/aromatic N) is 1. The maximum absolute atomic E-state index is 2.44. The fourth-order valence-electron chi connectivity index (χ4n) is 4.37. The Morgan fingerprint density at radius 3 is 2.67 bits per heavy atom. The molecule has 1 atom stereocenters. The highest BCUT2D eigenvalue weighted by Gasteiger charge is 2.29. The zero-order valence-corrected chi connectivity index (χ0v) is 17.5. The molecule has 3 aromatic carbocycles. The molecule has 1 unspecified atom stereocenters. The van der Waals surface area contributed by atoms with Gasteiger partial charge in [-0.15, -0.1) is 11.8 Å². The van der Waals surface area contributed by atoms with Gasteiger partial charge in [-0.1, -0.05) is 42.5 Å². The van der Waals surface area contributed by atoms with E-state index in [4.69, 9.17) is 0 Å². The van der Waals surface area contributed by atoms with E-state index < -0.39 is 0 Å². The van der Waals surface area contributed by atoms with Crippen LogP contribution < -0.4 is 0 Å². The lowest BCUT2D eigenvalue weighted by atomic mass is 9.96. The van der Waals surface area contributed by atoms with Gasteiger partial charge in [0, 0.05) is 30.2 Å². The molecule has 6 rings (SSSR count). The van der Waals surface area contributed by atoms with Crippen molar-refractivity contribution in [3.63, 3.8) is 0 Å². The van der Waals surface area contributed by atoms with Crippen LogP contribution in [-0.4, -0.2) is 9.82 Å². The summed E-state index contributed by atoms with van der Waals surface area (Å²) < 4.78 is 3.72. The Morgan fingerprint density at radius 2 is 1.70 bits per heavy atom. The topological polar surface area (TPSA) is 4.93 Å². The van der Waals surface area contributed by atoms with Gasteiger partial charge in [0.25, 0.3) is 0 Å². The molecule has 0 amide bonds. The summed E-state index contributed by atoms with van der Waals surface area (Å²) in [6.45, 7) is 0. The van der Waals surface area contributed by atoms with Crippen LogP contribution in [0.5, 0.6) is 0 Å². The minimum absolute atomic E-state index is 0.556. The van der Waals surface area contributed by atoms with Crippen LogP contribution in [0.3, 0.4) is 0 Å². The highest BCUT2D eigenvalue weighted by atomic mass is 127. The predicted molar refractivity (Wildman–Crippen MR) is 125 cm³/mol. The summed E-state index contributed by atoms with van der Waals surface area (Å²) >= 11 is 4.41. The quantitative estimate of drug-likeness (QED) is 0.263. The van der Waals surface area contributed by atoms with E-state index in [2.05, 4.69) is 106 Å². The summed E-state index contributed by atoms with van der Waals surface area (Å²) in [5.74, 6) is 0. The normalized spacial score (nSPS) is 18.3. The van der Waals surface area contributed by atoms with Crippen molar-refractivity contribution in [3.05, 3.63) is 88.0 Å². The molecular weight excluding hydrogens is 461 g/mol. The minimum Gasteiger partial charge on any atom is -0.310 e. The molecule has 1 nitrogen and oxygen atoms in total. The number of aromatic nitrogens is 1. The van der Waals surface area contributed by atoms with Crippen molar-refractivity contribution in [1.29, 1.82) is 0 Å². The lowest BCUT2D eigenvalue weighted by Crippen LogP contribution is -2.07. The molecule has 4 aromatic rings. The SMILES string of the molecule is Ic1ccc2c(c1)c1ccccc1n2C1=CCC2Sc3ccccc3C2=C1. The summed E-state index contributed by atoms with van der Waals surface area (Å²) in [5, 5.41) is 3.22. The average molecular weight is 477 g/mol. The number of rotatable bonds is 1. The zero-order valence-electron chi connectivity index (χ0n) is 14.5. The van der Waals surface area contributed by atoms with Gasteiger partial charge < -0.3 is 4.57 Å². The fraction of sp³-hybridized carbons (Fsp3) is 0.0833. The number of halogens is 1. The van der Waals surface area contributed by atoms with Crippen molar-refractivity contribution in [3.8, 4) is 0 Å². The molecule has 0 radical (unpaired) electrons. The van der Waals surface area contributed by atoms with Gasteiger partial charge >= 0.3 is 0 Å². The van der Waals surface area contributed by atoms with E-state index in [0.29, 0.717) is 5.25 Å². The van der Waals surface area contributed by atoms with E-state index in [0.717, 1.165) is 6.42 Å². The summed E-state index contributed by atoms with van der Waals surface area (Å²) in [5.41, 5.74) is 6.76. The number of hydrogen-bond acceptors (Lipinski definition) is 1. The van der Waals surface area contributed by atoms with Gasteiger partial charge in [0.1, 0.15) is 0 Å². The first kappa shape index (κ1) is 16.0. The molecule has 0 saturated heterocycles. The van der Waals surface area contributed by atoms with Gasteiger partial charge in [0.05, 0.1) is 11.0 Å². The lowest BCUT2D eigenvalue weighted by Gasteiger charge is -2.19. The second-order valence-corrected chi connectivity index (χ2v) is 9.57. The molecule has 2 aliphatic rings. The summed E-state index contributed by atoms with van der Waals surface area (Å²) in [4.78, 5) is 1.42.